The number of aryl methyl sites for hydroxylation is 1. The summed E-state index contributed by atoms with van der Waals surface area (Å²) in [6, 6.07) is 33.4. The summed E-state index contributed by atoms with van der Waals surface area (Å²) >= 11 is 0. The molecule has 0 saturated carbocycles. The van der Waals surface area contributed by atoms with Gasteiger partial charge < -0.3 is 10.6 Å². The number of hydrogen-bond acceptors (Lipinski definition) is 3. The highest BCUT2D eigenvalue weighted by Gasteiger charge is 2.12. The Labute approximate surface area is 206 Å². The molecular weight excluding hydrogens is 430 g/mol. The van der Waals surface area contributed by atoms with Crippen LogP contribution in [0.15, 0.2) is 109 Å². The van der Waals surface area contributed by atoms with Crippen molar-refractivity contribution in [2.45, 2.75) is 13.5 Å². The molecule has 0 aromatic heterocycles. The number of carbonyl (C=O) groups is 1. The second-order valence-corrected chi connectivity index (χ2v) is 8.50. The minimum Gasteiger partial charge on any atom is -0.384 e. The van der Waals surface area contributed by atoms with Gasteiger partial charge in [-0.05, 0) is 35.7 Å². The summed E-state index contributed by atoms with van der Waals surface area (Å²) in [7, 11) is 0. The molecule has 0 bridgehead atoms. The van der Waals surface area contributed by atoms with Crippen LogP contribution in [-0.2, 0) is 6.54 Å². The molecule has 0 heterocycles. The third-order valence-corrected chi connectivity index (χ3v) is 5.91. The maximum atomic E-state index is 12.8. The SMILES string of the molecule is Cc1cc(C=CCN(Cc2ccccc2)c2cccc(C(=N)N)c2)ccc1C(=O)c1ccccc1. The van der Waals surface area contributed by atoms with Crippen LogP contribution >= 0.6 is 0 Å². The number of nitrogens with two attached hydrogens (primary N) is 1. The summed E-state index contributed by atoms with van der Waals surface area (Å²) in [5.74, 6) is 0.0979. The third-order valence-electron chi connectivity index (χ3n) is 5.91. The quantitative estimate of drug-likeness (QED) is 0.177. The van der Waals surface area contributed by atoms with E-state index in [0.717, 1.165) is 28.9 Å². The van der Waals surface area contributed by atoms with E-state index in [2.05, 4.69) is 29.2 Å². The molecule has 0 atom stereocenters. The molecule has 35 heavy (non-hydrogen) atoms. The molecule has 0 aliphatic rings. The van der Waals surface area contributed by atoms with Gasteiger partial charge in [-0.15, -0.1) is 0 Å². The average Bonchev–Trinajstić information content (AvgIpc) is 2.89. The van der Waals surface area contributed by atoms with Crippen LogP contribution in [0.2, 0.25) is 0 Å². The van der Waals surface area contributed by atoms with Gasteiger partial charge in [-0.1, -0.05) is 103 Å². The Kier molecular flexibility index (Phi) is 7.53. The zero-order chi connectivity index (χ0) is 24.6. The molecule has 0 unspecified atom stereocenters. The van der Waals surface area contributed by atoms with Crippen molar-refractivity contribution >= 4 is 23.4 Å². The van der Waals surface area contributed by atoms with Gasteiger partial charge in [-0.2, -0.15) is 0 Å². The average molecular weight is 460 g/mol. The number of carbonyl (C=O) groups excluding carboxylic acids is 1. The molecule has 0 aliphatic carbocycles. The standard InChI is InChI=1S/C31H29N3O/c1-23-20-24(17-18-29(23)30(35)26-13-6-3-7-14-26)12-9-19-34(22-25-10-4-2-5-11-25)28-16-8-15-27(21-28)31(32)33/h2-18,20-21H,19,22H2,1H3,(H3,32,33). The van der Waals surface area contributed by atoms with Crippen LogP contribution in [-0.4, -0.2) is 18.2 Å². The molecule has 4 rings (SSSR count). The highest BCUT2D eigenvalue weighted by Crippen LogP contribution is 2.20. The molecule has 4 nitrogen and oxygen atoms in total. The van der Waals surface area contributed by atoms with Crippen LogP contribution < -0.4 is 10.6 Å². The van der Waals surface area contributed by atoms with Crippen molar-refractivity contribution in [3.05, 3.63) is 143 Å². The predicted molar refractivity (Wildman–Crippen MR) is 145 cm³/mol. The normalized spacial score (nSPS) is 10.9. The molecule has 4 heteroatoms. The van der Waals surface area contributed by atoms with Crippen LogP contribution in [0.1, 0.15) is 38.2 Å². The molecule has 0 aliphatic heterocycles. The first kappa shape index (κ1) is 23.7. The van der Waals surface area contributed by atoms with Gasteiger partial charge >= 0.3 is 0 Å². The molecule has 3 N–H and O–H groups in total. The molecule has 0 saturated heterocycles. The number of amidine groups is 1. The third kappa shape index (κ3) is 6.12. The zero-order valence-electron chi connectivity index (χ0n) is 19.8. The van der Waals surface area contributed by atoms with Crippen molar-refractivity contribution < 1.29 is 4.79 Å². The number of nitrogens with zero attached hydrogens (tertiary/aromatic N) is 1. The van der Waals surface area contributed by atoms with Crippen molar-refractivity contribution in [2.24, 2.45) is 5.73 Å². The molecule has 0 spiro atoms. The van der Waals surface area contributed by atoms with Crippen LogP contribution in [0.25, 0.3) is 6.08 Å². The molecule has 174 valence electrons. The number of benzene rings is 4. The van der Waals surface area contributed by atoms with Gasteiger partial charge in [0.2, 0.25) is 0 Å². The smallest absolute Gasteiger partial charge is 0.193 e. The van der Waals surface area contributed by atoms with Gasteiger partial charge in [0, 0.05) is 35.5 Å². The highest BCUT2D eigenvalue weighted by atomic mass is 16.1. The maximum Gasteiger partial charge on any atom is 0.193 e. The summed E-state index contributed by atoms with van der Waals surface area (Å²) < 4.78 is 0. The molecule has 4 aromatic rings. The lowest BCUT2D eigenvalue weighted by Gasteiger charge is -2.24. The number of rotatable bonds is 9. The second kappa shape index (κ2) is 11.1. The van der Waals surface area contributed by atoms with Crippen LogP contribution in [0.3, 0.4) is 0 Å². The summed E-state index contributed by atoms with van der Waals surface area (Å²) in [5.41, 5.74) is 12.1. The number of anilines is 1. The Morgan fingerprint density at radius 1 is 0.857 bits per heavy atom. The highest BCUT2D eigenvalue weighted by molar-refractivity contribution is 6.10. The summed E-state index contributed by atoms with van der Waals surface area (Å²) in [6.07, 6.45) is 4.20. The lowest BCUT2D eigenvalue weighted by molar-refractivity contribution is 0.103. The van der Waals surface area contributed by atoms with E-state index in [1.54, 1.807) is 0 Å². The molecule has 0 fully saturated rings. The Morgan fingerprint density at radius 2 is 1.54 bits per heavy atom. The van der Waals surface area contributed by atoms with Crippen LogP contribution in [0, 0.1) is 12.3 Å². The van der Waals surface area contributed by atoms with E-state index >= 15 is 0 Å². The number of ketones is 1. The van der Waals surface area contributed by atoms with E-state index in [1.807, 2.05) is 97.9 Å². The Hall–Kier alpha value is -4.44. The monoisotopic (exact) mass is 459 g/mol. The van der Waals surface area contributed by atoms with Gasteiger partial charge in [0.25, 0.3) is 0 Å². The first-order chi connectivity index (χ1) is 17.0. The van der Waals surface area contributed by atoms with E-state index in [0.29, 0.717) is 17.7 Å². The van der Waals surface area contributed by atoms with Crippen molar-refractivity contribution in [2.75, 3.05) is 11.4 Å². The van der Waals surface area contributed by atoms with Crippen molar-refractivity contribution in [1.29, 1.82) is 5.41 Å². The molecule has 0 amide bonds. The minimum atomic E-state index is 0.0398. The summed E-state index contributed by atoms with van der Waals surface area (Å²) in [6.45, 7) is 3.39. The van der Waals surface area contributed by atoms with E-state index in [1.165, 1.54) is 5.56 Å². The lowest BCUT2D eigenvalue weighted by Crippen LogP contribution is -2.23. The van der Waals surface area contributed by atoms with Crippen molar-refractivity contribution in [3.8, 4) is 0 Å². The second-order valence-electron chi connectivity index (χ2n) is 8.50. The largest absolute Gasteiger partial charge is 0.384 e. The van der Waals surface area contributed by atoms with Gasteiger partial charge in [0.15, 0.2) is 5.78 Å². The van der Waals surface area contributed by atoms with E-state index in [-0.39, 0.29) is 11.6 Å². The molecule has 4 aromatic carbocycles. The minimum absolute atomic E-state index is 0.0398. The Bertz CT molecular complexity index is 1340. The number of hydrogen-bond donors (Lipinski definition) is 2. The predicted octanol–water partition coefficient (Wildman–Crippen LogP) is 6.23. The van der Waals surface area contributed by atoms with Gasteiger partial charge in [0.1, 0.15) is 5.84 Å². The maximum absolute atomic E-state index is 12.8. The fourth-order valence-electron chi connectivity index (χ4n) is 4.04. The first-order valence-corrected chi connectivity index (χ1v) is 11.6. The van der Waals surface area contributed by atoms with Crippen molar-refractivity contribution in [3.63, 3.8) is 0 Å². The van der Waals surface area contributed by atoms with Crippen LogP contribution in [0.4, 0.5) is 5.69 Å². The fraction of sp³-hybridized carbons (Fsp3) is 0.0968. The van der Waals surface area contributed by atoms with Gasteiger partial charge in [-0.25, -0.2) is 0 Å². The number of nitrogen functional groups attached to an aromatic ring is 1. The van der Waals surface area contributed by atoms with Gasteiger partial charge in [-0.3, -0.25) is 10.2 Å². The molecule has 0 radical (unpaired) electrons. The zero-order valence-corrected chi connectivity index (χ0v) is 19.8. The molecular formula is C31H29N3O. The lowest BCUT2D eigenvalue weighted by atomic mass is 9.97. The fourth-order valence-corrected chi connectivity index (χ4v) is 4.04. The summed E-state index contributed by atoms with van der Waals surface area (Å²) in [5, 5.41) is 7.79. The van der Waals surface area contributed by atoms with Crippen molar-refractivity contribution in [1.82, 2.24) is 0 Å². The summed E-state index contributed by atoms with van der Waals surface area (Å²) in [4.78, 5) is 15.1. The van der Waals surface area contributed by atoms with Crippen LogP contribution in [0.5, 0.6) is 0 Å². The number of nitrogens with one attached hydrogen (secondary N) is 1. The Balaban J connectivity index is 1.53. The first-order valence-electron chi connectivity index (χ1n) is 11.6. The topological polar surface area (TPSA) is 70.2 Å². The van der Waals surface area contributed by atoms with E-state index in [4.69, 9.17) is 11.1 Å². The van der Waals surface area contributed by atoms with E-state index < -0.39 is 0 Å². The van der Waals surface area contributed by atoms with Gasteiger partial charge in [0.05, 0.1) is 0 Å². The Morgan fingerprint density at radius 3 is 2.23 bits per heavy atom. The van der Waals surface area contributed by atoms with E-state index in [9.17, 15) is 4.79 Å².